The second-order valence-electron chi connectivity index (χ2n) is 5.69. The number of amides is 1. The lowest BCUT2D eigenvalue weighted by Crippen LogP contribution is -2.55. The lowest BCUT2D eigenvalue weighted by atomic mass is 9.79. The summed E-state index contributed by atoms with van der Waals surface area (Å²) in [5, 5.41) is 6.42. The second kappa shape index (κ2) is 7.25. The van der Waals surface area contributed by atoms with Gasteiger partial charge in [0.1, 0.15) is 5.60 Å². The lowest BCUT2D eigenvalue weighted by Gasteiger charge is -2.37. The number of nitrogens with one attached hydrogen (secondary N) is 2. The maximum absolute atomic E-state index is 12.5. The van der Waals surface area contributed by atoms with Crippen molar-refractivity contribution in [2.24, 2.45) is 5.41 Å². The standard InChI is InChI=1S/C15H30N2O2/c1-5-14(6-2,7-3)12-17-13(18)15(19-4)8-10-16-11-9-15/h16H,5-12H2,1-4H3,(H,17,18). The van der Waals surface area contributed by atoms with Gasteiger partial charge in [-0.3, -0.25) is 4.79 Å². The van der Waals surface area contributed by atoms with Crippen molar-refractivity contribution in [3.05, 3.63) is 0 Å². The Morgan fingerprint density at radius 2 is 1.74 bits per heavy atom. The number of carbonyl (C=O) groups is 1. The molecule has 0 spiro atoms. The molecule has 0 bridgehead atoms. The smallest absolute Gasteiger partial charge is 0.252 e. The average molecular weight is 270 g/mol. The predicted molar refractivity (Wildman–Crippen MR) is 78.2 cm³/mol. The monoisotopic (exact) mass is 270 g/mol. The summed E-state index contributed by atoms with van der Waals surface area (Å²) in [5.41, 5.74) is -0.385. The highest BCUT2D eigenvalue weighted by atomic mass is 16.5. The molecule has 0 radical (unpaired) electrons. The van der Waals surface area contributed by atoms with E-state index in [1.54, 1.807) is 7.11 Å². The number of piperidine rings is 1. The van der Waals surface area contributed by atoms with Crippen LogP contribution in [0.3, 0.4) is 0 Å². The molecule has 1 saturated heterocycles. The van der Waals surface area contributed by atoms with E-state index in [0.29, 0.717) is 0 Å². The van der Waals surface area contributed by atoms with Crippen LogP contribution in [0, 0.1) is 5.41 Å². The molecule has 2 N–H and O–H groups in total. The van der Waals surface area contributed by atoms with Crippen molar-refractivity contribution in [2.75, 3.05) is 26.7 Å². The second-order valence-corrected chi connectivity index (χ2v) is 5.69. The average Bonchev–Trinajstić information content (AvgIpc) is 2.49. The van der Waals surface area contributed by atoms with Gasteiger partial charge in [0, 0.05) is 13.7 Å². The number of ether oxygens (including phenoxy) is 1. The third-order valence-electron chi connectivity index (χ3n) is 5.09. The first-order valence-electron chi connectivity index (χ1n) is 7.62. The molecule has 0 atom stereocenters. The maximum Gasteiger partial charge on any atom is 0.252 e. The molecule has 1 aliphatic heterocycles. The van der Waals surface area contributed by atoms with Gasteiger partial charge in [-0.1, -0.05) is 20.8 Å². The van der Waals surface area contributed by atoms with Gasteiger partial charge in [0.25, 0.3) is 5.91 Å². The van der Waals surface area contributed by atoms with E-state index < -0.39 is 5.60 Å². The van der Waals surface area contributed by atoms with Crippen LogP contribution in [0.5, 0.6) is 0 Å². The third-order valence-corrected chi connectivity index (χ3v) is 5.09. The van der Waals surface area contributed by atoms with Gasteiger partial charge in [-0.2, -0.15) is 0 Å². The minimum Gasteiger partial charge on any atom is -0.368 e. The van der Waals surface area contributed by atoms with Crippen molar-refractivity contribution < 1.29 is 9.53 Å². The Hall–Kier alpha value is -0.610. The molecule has 1 fully saturated rings. The van der Waals surface area contributed by atoms with E-state index in [0.717, 1.165) is 51.7 Å². The van der Waals surface area contributed by atoms with E-state index in [9.17, 15) is 4.79 Å². The molecule has 0 aromatic carbocycles. The van der Waals surface area contributed by atoms with Crippen molar-refractivity contribution in [1.29, 1.82) is 0 Å². The molecule has 1 heterocycles. The van der Waals surface area contributed by atoms with Gasteiger partial charge in [0.15, 0.2) is 0 Å². The van der Waals surface area contributed by atoms with Gasteiger partial charge >= 0.3 is 0 Å². The Morgan fingerprint density at radius 1 is 1.21 bits per heavy atom. The molecule has 1 rings (SSSR count). The molecule has 4 heteroatoms. The molecule has 112 valence electrons. The Balaban J connectivity index is 2.62. The SMILES string of the molecule is CCC(CC)(CC)CNC(=O)C1(OC)CCNCC1. The number of hydrogen-bond acceptors (Lipinski definition) is 3. The van der Waals surface area contributed by atoms with Crippen LogP contribution in [0.25, 0.3) is 0 Å². The molecule has 0 unspecified atom stereocenters. The van der Waals surface area contributed by atoms with Gasteiger partial charge in [-0.15, -0.1) is 0 Å². The Kier molecular flexibility index (Phi) is 6.27. The summed E-state index contributed by atoms with van der Waals surface area (Å²) in [5.74, 6) is 0.0659. The number of carbonyl (C=O) groups excluding carboxylic acids is 1. The van der Waals surface area contributed by atoms with Crippen LogP contribution in [0.1, 0.15) is 52.9 Å². The normalized spacial score (nSPS) is 19.2. The van der Waals surface area contributed by atoms with Gasteiger partial charge in [0.2, 0.25) is 0 Å². The van der Waals surface area contributed by atoms with E-state index >= 15 is 0 Å². The first kappa shape index (κ1) is 16.4. The first-order chi connectivity index (χ1) is 9.08. The zero-order chi connectivity index (χ0) is 14.4. The van der Waals surface area contributed by atoms with Crippen LogP contribution >= 0.6 is 0 Å². The maximum atomic E-state index is 12.5. The van der Waals surface area contributed by atoms with E-state index in [4.69, 9.17) is 4.74 Å². The minimum atomic E-state index is -0.619. The van der Waals surface area contributed by atoms with Crippen molar-refractivity contribution in [1.82, 2.24) is 10.6 Å². The van der Waals surface area contributed by atoms with Crippen LogP contribution < -0.4 is 10.6 Å². The highest BCUT2D eigenvalue weighted by Crippen LogP contribution is 2.30. The summed E-state index contributed by atoms with van der Waals surface area (Å²) < 4.78 is 5.55. The van der Waals surface area contributed by atoms with Gasteiger partial charge in [-0.05, 0) is 50.6 Å². The summed E-state index contributed by atoms with van der Waals surface area (Å²) >= 11 is 0. The van der Waals surface area contributed by atoms with E-state index in [2.05, 4.69) is 31.4 Å². The van der Waals surface area contributed by atoms with E-state index in [-0.39, 0.29) is 11.3 Å². The molecule has 0 saturated carbocycles. The predicted octanol–water partition coefficient (Wildman–Crippen LogP) is 2.09. The van der Waals surface area contributed by atoms with Gasteiger partial charge in [-0.25, -0.2) is 0 Å². The Bertz CT molecular complexity index is 274. The lowest BCUT2D eigenvalue weighted by molar-refractivity contribution is -0.147. The topological polar surface area (TPSA) is 50.4 Å². The van der Waals surface area contributed by atoms with Gasteiger partial charge in [0.05, 0.1) is 0 Å². The van der Waals surface area contributed by atoms with Crippen LogP contribution in [0.15, 0.2) is 0 Å². The van der Waals surface area contributed by atoms with Crippen LogP contribution in [-0.2, 0) is 9.53 Å². The van der Waals surface area contributed by atoms with Crippen LogP contribution in [0.2, 0.25) is 0 Å². The van der Waals surface area contributed by atoms with Crippen LogP contribution in [0.4, 0.5) is 0 Å². The quantitative estimate of drug-likeness (QED) is 0.745. The Morgan fingerprint density at radius 3 is 2.16 bits per heavy atom. The summed E-state index contributed by atoms with van der Waals surface area (Å²) in [7, 11) is 1.65. The Labute approximate surface area is 117 Å². The minimum absolute atomic E-state index is 0.0659. The fourth-order valence-corrected chi connectivity index (χ4v) is 2.91. The van der Waals surface area contributed by atoms with Gasteiger partial charge < -0.3 is 15.4 Å². The third kappa shape index (κ3) is 3.69. The van der Waals surface area contributed by atoms with Crippen molar-refractivity contribution >= 4 is 5.91 Å². The molecule has 19 heavy (non-hydrogen) atoms. The highest BCUT2D eigenvalue weighted by Gasteiger charge is 2.40. The van der Waals surface area contributed by atoms with Crippen molar-refractivity contribution in [3.8, 4) is 0 Å². The molecular formula is C15H30N2O2. The summed E-state index contributed by atoms with van der Waals surface area (Å²) in [4.78, 5) is 12.5. The molecule has 1 aliphatic rings. The zero-order valence-electron chi connectivity index (χ0n) is 13.0. The van der Waals surface area contributed by atoms with Crippen molar-refractivity contribution in [2.45, 2.75) is 58.5 Å². The number of hydrogen-bond donors (Lipinski definition) is 2. The molecule has 0 aliphatic carbocycles. The van der Waals surface area contributed by atoms with Crippen LogP contribution in [-0.4, -0.2) is 38.3 Å². The zero-order valence-corrected chi connectivity index (χ0v) is 13.0. The summed E-state index contributed by atoms with van der Waals surface area (Å²) in [6, 6.07) is 0. The number of methoxy groups -OCH3 is 1. The fourth-order valence-electron chi connectivity index (χ4n) is 2.91. The molecular weight excluding hydrogens is 240 g/mol. The highest BCUT2D eigenvalue weighted by molar-refractivity contribution is 5.85. The largest absolute Gasteiger partial charge is 0.368 e. The summed E-state index contributed by atoms with van der Waals surface area (Å²) in [6.45, 7) is 9.07. The fraction of sp³-hybridized carbons (Fsp3) is 0.933. The first-order valence-corrected chi connectivity index (χ1v) is 7.62. The summed E-state index contributed by atoms with van der Waals surface area (Å²) in [6.07, 6.45) is 4.81. The molecule has 4 nitrogen and oxygen atoms in total. The molecule has 0 aromatic rings. The molecule has 0 aromatic heterocycles. The van der Waals surface area contributed by atoms with E-state index in [1.165, 1.54) is 0 Å². The number of rotatable bonds is 7. The van der Waals surface area contributed by atoms with Crippen molar-refractivity contribution in [3.63, 3.8) is 0 Å². The van der Waals surface area contributed by atoms with E-state index in [1.807, 2.05) is 0 Å². The molecule has 1 amide bonds.